The molecule has 0 aliphatic heterocycles. The fraction of sp³-hybridized carbons (Fsp3) is 0.739. The molecular weight excluding hydrogens is 712 g/mol. The van der Waals surface area contributed by atoms with Crippen molar-refractivity contribution < 1.29 is 48.0 Å². The van der Waals surface area contributed by atoms with E-state index in [1.807, 2.05) is 19.1 Å². The first kappa shape index (κ1) is 42.2. The third-order valence-corrected chi connectivity index (χ3v) is 15.4. The molecule has 0 aromatic heterocycles. The van der Waals surface area contributed by atoms with Crippen LogP contribution >= 0.6 is 0 Å². The SMILES string of the molecule is CCOC(=O)/C=C(/C)COc1ccc(C[C@@H]2CCCC[C@H]2OC(=O)CC[C@@H](C)[C@H]2CC[C@H]3[C@@H]4[C@H](OC=O)C[C@@H]5C[C@H](O)CC[C@]5(C)[C@H]4C[C@H](OC=O)[C@]23C)cc1. The first-order valence-electron chi connectivity index (χ1n) is 21.5. The Morgan fingerprint density at radius 1 is 0.929 bits per heavy atom. The lowest BCUT2D eigenvalue weighted by Gasteiger charge is -2.64. The van der Waals surface area contributed by atoms with Crippen LogP contribution in [0.25, 0.3) is 0 Å². The summed E-state index contributed by atoms with van der Waals surface area (Å²) in [5, 5.41) is 10.6. The molecule has 0 amide bonds. The number of benzene rings is 1. The molecule has 0 spiro atoms. The number of ether oxygens (including phenoxy) is 5. The number of aliphatic hydroxyl groups excluding tert-OH is 1. The fourth-order valence-corrected chi connectivity index (χ4v) is 12.5. The molecule has 5 saturated carbocycles. The van der Waals surface area contributed by atoms with Crippen molar-refractivity contribution in [1.82, 2.24) is 0 Å². The molecule has 5 aliphatic carbocycles. The van der Waals surface area contributed by atoms with Gasteiger partial charge in [-0.25, -0.2) is 4.79 Å². The van der Waals surface area contributed by atoms with Gasteiger partial charge in [0.15, 0.2) is 0 Å². The van der Waals surface area contributed by atoms with Crippen LogP contribution in [0, 0.1) is 52.3 Å². The Bertz CT molecular complexity index is 1540. The van der Waals surface area contributed by atoms with Crippen molar-refractivity contribution in [3.05, 3.63) is 41.5 Å². The minimum Gasteiger partial charge on any atom is -0.489 e. The molecule has 0 heterocycles. The van der Waals surface area contributed by atoms with Crippen molar-refractivity contribution in [1.29, 1.82) is 0 Å². The molecule has 1 aromatic rings. The van der Waals surface area contributed by atoms with Crippen LogP contribution < -0.4 is 4.74 Å². The third-order valence-electron chi connectivity index (χ3n) is 15.4. The maximum absolute atomic E-state index is 13.5. The Morgan fingerprint density at radius 2 is 1.68 bits per heavy atom. The van der Waals surface area contributed by atoms with Crippen LogP contribution in [0.1, 0.15) is 124 Å². The summed E-state index contributed by atoms with van der Waals surface area (Å²) in [6, 6.07) is 8.04. The average Bonchev–Trinajstić information content (AvgIpc) is 3.53. The number of carbonyl (C=O) groups excluding carboxylic acids is 4. The van der Waals surface area contributed by atoms with Crippen LogP contribution in [0.15, 0.2) is 35.9 Å². The Labute approximate surface area is 333 Å². The van der Waals surface area contributed by atoms with Crippen LogP contribution in [0.4, 0.5) is 0 Å². The van der Waals surface area contributed by atoms with Crippen molar-refractivity contribution in [3.8, 4) is 5.75 Å². The van der Waals surface area contributed by atoms with E-state index in [1.54, 1.807) is 6.92 Å². The van der Waals surface area contributed by atoms with Gasteiger partial charge in [0.25, 0.3) is 12.9 Å². The third kappa shape index (κ3) is 9.00. The maximum Gasteiger partial charge on any atom is 0.330 e. The highest BCUT2D eigenvalue weighted by Crippen LogP contribution is 2.69. The van der Waals surface area contributed by atoms with Gasteiger partial charge in [0.05, 0.1) is 12.7 Å². The molecule has 56 heavy (non-hydrogen) atoms. The van der Waals surface area contributed by atoms with E-state index in [1.165, 1.54) is 11.6 Å². The second-order valence-electron chi connectivity index (χ2n) is 18.4. The second kappa shape index (κ2) is 18.5. The molecule has 1 N–H and O–H groups in total. The van der Waals surface area contributed by atoms with Gasteiger partial charge in [-0.3, -0.25) is 14.4 Å². The summed E-state index contributed by atoms with van der Waals surface area (Å²) < 4.78 is 29.1. The molecule has 10 nitrogen and oxygen atoms in total. The van der Waals surface area contributed by atoms with E-state index < -0.39 is 0 Å². The maximum atomic E-state index is 13.5. The minimum absolute atomic E-state index is 0.00878. The molecule has 13 atom stereocenters. The van der Waals surface area contributed by atoms with Gasteiger partial charge in [0.1, 0.15) is 30.7 Å². The van der Waals surface area contributed by atoms with Crippen molar-refractivity contribution in [3.63, 3.8) is 0 Å². The summed E-state index contributed by atoms with van der Waals surface area (Å²) in [6.07, 6.45) is 12.4. The van der Waals surface area contributed by atoms with Gasteiger partial charge in [0, 0.05) is 23.8 Å². The van der Waals surface area contributed by atoms with Gasteiger partial charge in [-0.1, -0.05) is 39.3 Å². The molecular formula is C46H66O10. The summed E-state index contributed by atoms with van der Waals surface area (Å²) >= 11 is 0. The van der Waals surface area contributed by atoms with Crippen LogP contribution in [0.3, 0.4) is 0 Å². The smallest absolute Gasteiger partial charge is 0.330 e. The molecule has 1 aromatic carbocycles. The zero-order valence-electron chi connectivity index (χ0n) is 34.3. The number of rotatable bonds is 16. The number of hydrogen-bond acceptors (Lipinski definition) is 10. The zero-order valence-corrected chi connectivity index (χ0v) is 34.3. The van der Waals surface area contributed by atoms with Crippen molar-refractivity contribution in [2.45, 2.75) is 149 Å². The van der Waals surface area contributed by atoms with Gasteiger partial charge in [0.2, 0.25) is 0 Å². The van der Waals surface area contributed by atoms with E-state index in [0.717, 1.165) is 88.4 Å². The van der Waals surface area contributed by atoms with E-state index in [4.69, 9.17) is 23.7 Å². The molecule has 0 unspecified atom stereocenters. The lowest BCUT2D eigenvalue weighted by atomic mass is 9.43. The van der Waals surface area contributed by atoms with Crippen molar-refractivity contribution in [2.24, 2.45) is 52.3 Å². The van der Waals surface area contributed by atoms with Crippen molar-refractivity contribution >= 4 is 24.9 Å². The van der Waals surface area contributed by atoms with Gasteiger partial charge in [-0.2, -0.15) is 0 Å². The molecule has 0 radical (unpaired) electrons. The van der Waals surface area contributed by atoms with Gasteiger partial charge in [-0.15, -0.1) is 0 Å². The highest BCUT2D eigenvalue weighted by atomic mass is 16.5. The molecule has 5 aliphatic rings. The van der Waals surface area contributed by atoms with Gasteiger partial charge >= 0.3 is 11.9 Å². The average molecular weight is 779 g/mol. The molecule has 10 heteroatoms. The molecule has 0 bridgehead atoms. The molecule has 5 fully saturated rings. The van der Waals surface area contributed by atoms with E-state index >= 15 is 0 Å². The van der Waals surface area contributed by atoms with Gasteiger partial charge < -0.3 is 28.8 Å². The van der Waals surface area contributed by atoms with E-state index in [0.29, 0.717) is 39.0 Å². The Kier molecular flexibility index (Phi) is 13.9. The Balaban J connectivity index is 1.06. The number of aliphatic hydroxyl groups is 1. The predicted octanol–water partition coefficient (Wildman–Crippen LogP) is 7.96. The predicted molar refractivity (Wildman–Crippen MR) is 210 cm³/mol. The quantitative estimate of drug-likeness (QED) is 0.0763. The zero-order chi connectivity index (χ0) is 40.0. The fourth-order valence-electron chi connectivity index (χ4n) is 12.5. The Morgan fingerprint density at radius 3 is 2.41 bits per heavy atom. The standard InChI is InChI=1S/C46H66O10/c1-6-52-43(51)21-29(2)26-53-35-14-12-31(13-15-35)22-32-9-7-8-10-39(32)56-42(50)18-11-30(3)36-16-17-37-44-38(25-41(55-28-48)46(36,37)5)45(4)20-19-34(49)23-33(45)24-40(44)54-27-47/h12-15,21,27-28,30,32-34,36-41,44,49H,6-11,16-20,22-26H2,1-5H3/b29-21-/t30-,32+,33+,34-,36-,37+,38+,39-,40-,41+,44+,45+,46-/m1/s1. The topological polar surface area (TPSA) is 135 Å². The van der Waals surface area contributed by atoms with E-state index in [-0.39, 0.29) is 88.6 Å². The number of hydrogen-bond donors (Lipinski definition) is 1. The van der Waals surface area contributed by atoms with Crippen LogP contribution in [0.2, 0.25) is 0 Å². The number of esters is 2. The molecule has 310 valence electrons. The highest BCUT2D eigenvalue weighted by Gasteiger charge is 2.67. The summed E-state index contributed by atoms with van der Waals surface area (Å²) in [6.45, 7) is 12.4. The number of carbonyl (C=O) groups is 4. The molecule has 0 saturated heterocycles. The largest absolute Gasteiger partial charge is 0.489 e. The number of fused-ring (bicyclic) bond motifs is 5. The lowest BCUT2D eigenvalue weighted by Crippen LogP contribution is -2.63. The van der Waals surface area contributed by atoms with Gasteiger partial charge in [-0.05, 0) is 155 Å². The van der Waals surface area contributed by atoms with Crippen LogP contribution in [0.5, 0.6) is 5.75 Å². The summed E-state index contributed by atoms with van der Waals surface area (Å²) in [4.78, 5) is 49.1. The Hall–Kier alpha value is -3.40. The van der Waals surface area contributed by atoms with Crippen LogP contribution in [-0.4, -0.2) is 67.6 Å². The minimum atomic E-state index is -0.365. The summed E-state index contributed by atoms with van der Waals surface area (Å²) in [7, 11) is 0. The summed E-state index contributed by atoms with van der Waals surface area (Å²) in [5.74, 6) is 1.82. The van der Waals surface area contributed by atoms with E-state index in [9.17, 15) is 24.3 Å². The van der Waals surface area contributed by atoms with Crippen molar-refractivity contribution in [2.75, 3.05) is 13.2 Å². The first-order valence-corrected chi connectivity index (χ1v) is 21.5. The van der Waals surface area contributed by atoms with Crippen LogP contribution in [-0.2, 0) is 44.5 Å². The second-order valence-corrected chi connectivity index (χ2v) is 18.4. The normalized spacial score (nSPS) is 37.1. The summed E-state index contributed by atoms with van der Waals surface area (Å²) in [5.41, 5.74) is 1.64. The first-order chi connectivity index (χ1) is 26.9. The highest BCUT2D eigenvalue weighted by molar-refractivity contribution is 5.82. The molecule has 6 rings (SSSR count). The monoisotopic (exact) mass is 778 g/mol. The van der Waals surface area contributed by atoms with E-state index in [2.05, 4.69) is 32.9 Å². The lowest BCUT2D eigenvalue weighted by molar-refractivity contribution is -0.217.